The lowest BCUT2D eigenvalue weighted by molar-refractivity contribution is 0.734. The molecule has 0 amide bonds. The summed E-state index contributed by atoms with van der Waals surface area (Å²) in [5.41, 5.74) is 1.30. The molecular formula is C12H16N2S2. The molecule has 0 saturated heterocycles. The van der Waals surface area contributed by atoms with Gasteiger partial charge >= 0.3 is 0 Å². The van der Waals surface area contributed by atoms with Crippen LogP contribution in [0.25, 0.3) is 10.6 Å². The molecule has 2 nitrogen and oxygen atoms in total. The van der Waals surface area contributed by atoms with Gasteiger partial charge in [0.1, 0.15) is 5.01 Å². The van der Waals surface area contributed by atoms with E-state index in [9.17, 15) is 0 Å². The van der Waals surface area contributed by atoms with Crippen LogP contribution in [0.1, 0.15) is 21.6 Å². The van der Waals surface area contributed by atoms with Gasteiger partial charge in [0.2, 0.25) is 0 Å². The molecule has 16 heavy (non-hydrogen) atoms. The maximum atomic E-state index is 4.50. The summed E-state index contributed by atoms with van der Waals surface area (Å²) in [4.78, 5) is 8.52. The number of nitrogens with zero attached hydrogens (tertiary/aromatic N) is 1. The number of hydrogen-bond acceptors (Lipinski definition) is 4. The van der Waals surface area contributed by atoms with Crippen LogP contribution in [0.5, 0.6) is 0 Å². The highest BCUT2D eigenvalue weighted by molar-refractivity contribution is 7.16. The first kappa shape index (κ1) is 11.8. The van der Waals surface area contributed by atoms with Crippen LogP contribution in [-0.4, -0.2) is 11.5 Å². The predicted molar refractivity (Wildman–Crippen MR) is 72.3 cm³/mol. The van der Waals surface area contributed by atoms with E-state index in [4.69, 9.17) is 0 Å². The van der Waals surface area contributed by atoms with Gasteiger partial charge in [0.15, 0.2) is 0 Å². The van der Waals surface area contributed by atoms with Gasteiger partial charge in [0, 0.05) is 32.9 Å². The van der Waals surface area contributed by atoms with Crippen LogP contribution in [-0.2, 0) is 6.54 Å². The molecule has 0 atom stereocenters. The van der Waals surface area contributed by atoms with Gasteiger partial charge in [0.25, 0.3) is 0 Å². The summed E-state index contributed by atoms with van der Waals surface area (Å²) >= 11 is 3.63. The van der Waals surface area contributed by atoms with Crippen LogP contribution in [0.3, 0.4) is 0 Å². The van der Waals surface area contributed by atoms with E-state index in [2.05, 4.69) is 37.1 Å². The van der Waals surface area contributed by atoms with Crippen molar-refractivity contribution in [2.75, 3.05) is 6.54 Å². The van der Waals surface area contributed by atoms with E-state index < -0.39 is 0 Å². The summed E-state index contributed by atoms with van der Waals surface area (Å²) in [6.45, 7) is 8.36. The molecule has 2 aromatic heterocycles. The standard InChI is InChI=1S/C12H16N2S2/c1-4-13-6-10-7-14-12(16-10)11-5-8(2)15-9(11)3/h5,7,13H,4,6H2,1-3H3. The predicted octanol–water partition coefficient (Wildman–Crippen LogP) is 3.60. The Morgan fingerprint density at radius 3 is 2.75 bits per heavy atom. The molecule has 0 aliphatic carbocycles. The minimum absolute atomic E-state index is 0.927. The van der Waals surface area contributed by atoms with Crippen molar-refractivity contribution in [3.05, 3.63) is 26.9 Å². The molecule has 0 fully saturated rings. The Hall–Kier alpha value is -0.710. The topological polar surface area (TPSA) is 24.9 Å². The maximum absolute atomic E-state index is 4.50. The molecule has 2 heterocycles. The van der Waals surface area contributed by atoms with E-state index in [0.717, 1.165) is 18.1 Å². The zero-order chi connectivity index (χ0) is 11.5. The highest BCUT2D eigenvalue weighted by atomic mass is 32.1. The fraction of sp³-hybridized carbons (Fsp3) is 0.417. The lowest BCUT2D eigenvalue weighted by Gasteiger charge is -1.95. The average molecular weight is 252 g/mol. The first-order valence-corrected chi connectivity index (χ1v) is 7.07. The molecule has 4 heteroatoms. The van der Waals surface area contributed by atoms with Gasteiger partial charge in [0.05, 0.1) is 0 Å². The van der Waals surface area contributed by atoms with Crippen LogP contribution < -0.4 is 5.32 Å². The zero-order valence-corrected chi connectivity index (χ0v) is 11.5. The van der Waals surface area contributed by atoms with E-state index in [1.54, 1.807) is 11.3 Å². The molecule has 0 saturated carbocycles. The lowest BCUT2D eigenvalue weighted by atomic mass is 10.2. The summed E-state index contributed by atoms with van der Waals surface area (Å²) in [7, 11) is 0. The summed E-state index contributed by atoms with van der Waals surface area (Å²) < 4.78 is 0. The van der Waals surface area contributed by atoms with Crippen molar-refractivity contribution < 1.29 is 0 Å². The molecule has 2 rings (SSSR count). The Balaban J connectivity index is 2.21. The molecule has 0 aliphatic heterocycles. The number of thiophene rings is 1. The van der Waals surface area contributed by atoms with Gasteiger partial charge in [-0.3, -0.25) is 0 Å². The van der Waals surface area contributed by atoms with E-state index in [0.29, 0.717) is 0 Å². The third kappa shape index (κ3) is 2.51. The number of rotatable bonds is 4. The van der Waals surface area contributed by atoms with Gasteiger partial charge in [-0.25, -0.2) is 4.98 Å². The first-order valence-electron chi connectivity index (χ1n) is 5.43. The normalized spacial score (nSPS) is 10.9. The van der Waals surface area contributed by atoms with Gasteiger partial charge in [-0.15, -0.1) is 22.7 Å². The number of aryl methyl sites for hydroxylation is 2. The fourth-order valence-electron chi connectivity index (χ4n) is 1.61. The van der Waals surface area contributed by atoms with Crippen LogP contribution in [0.15, 0.2) is 12.3 Å². The average Bonchev–Trinajstić information content (AvgIpc) is 2.82. The molecule has 0 spiro atoms. The highest BCUT2D eigenvalue weighted by Gasteiger charge is 2.09. The second-order valence-electron chi connectivity index (χ2n) is 3.74. The summed E-state index contributed by atoms with van der Waals surface area (Å²) in [6, 6.07) is 2.23. The van der Waals surface area contributed by atoms with Crippen molar-refractivity contribution in [3.63, 3.8) is 0 Å². The molecule has 86 valence electrons. The third-order valence-electron chi connectivity index (χ3n) is 2.37. The Kier molecular flexibility index (Phi) is 3.74. The molecule has 1 N–H and O–H groups in total. The van der Waals surface area contributed by atoms with Gasteiger partial charge in [-0.2, -0.15) is 0 Å². The third-order valence-corrected chi connectivity index (χ3v) is 4.37. The van der Waals surface area contributed by atoms with Crippen molar-refractivity contribution in [1.82, 2.24) is 10.3 Å². The second-order valence-corrected chi connectivity index (χ2v) is 6.31. The van der Waals surface area contributed by atoms with E-state index in [1.807, 2.05) is 17.5 Å². The Bertz CT molecular complexity index is 471. The number of hydrogen-bond donors (Lipinski definition) is 1. The van der Waals surface area contributed by atoms with E-state index >= 15 is 0 Å². The molecule has 0 unspecified atom stereocenters. The van der Waals surface area contributed by atoms with Crippen molar-refractivity contribution in [3.8, 4) is 10.6 Å². The SMILES string of the molecule is CCNCc1cnc(-c2cc(C)sc2C)s1. The van der Waals surface area contributed by atoms with Crippen molar-refractivity contribution in [1.29, 1.82) is 0 Å². The first-order chi connectivity index (χ1) is 7.70. The zero-order valence-electron chi connectivity index (χ0n) is 9.83. The van der Waals surface area contributed by atoms with Crippen LogP contribution in [0.2, 0.25) is 0 Å². The molecule has 2 aromatic rings. The fourth-order valence-corrected chi connectivity index (χ4v) is 3.55. The van der Waals surface area contributed by atoms with E-state index in [1.165, 1.54) is 20.2 Å². The van der Waals surface area contributed by atoms with Crippen molar-refractivity contribution >= 4 is 22.7 Å². The van der Waals surface area contributed by atoms with Crippen LogP contribution >= 0.6 is 22.7 Å². The number of nitrogens with one attached hydrogen (secondary N) is 1. The second kappa shape index (κ2) is 5.08. The monoisotopic (exact) mass is 252 g/mol. The molecule has 0 aliphatic rings. The minimum Gasteiger partial charge on any atom is -0.312 e. The number of aromatic nitrogens is 1. The van der Waals surface area contributed by atoms with Gasteiger partial charge < -0.3 is 5.32 Å². The highest BCUT2D eigenvalue weighted by Crippen LogP contribution is 2.33. The molecular weight excluding hydrogens is 236 g/mol. The van der Waals surface area contributed by atoms with E-state index in [-0.39, 0.29) is 0 Å². The molecule has 0 radical (unpaired) electrons. The van der Waals surface area contributed by atoms with Crippen molar-refractivity contribution in [2.24, 2.45) is 0 Å². The quantitative estimate of drug-likeness (QED) is 0.899. The number of thiazole rings is 1. The van der Waals surface area contributed by atoms with Crippen molar-refractivity contribution in [2.45, 2.75) is 27.3 Å². The van der Waals surface area contributed by atoms with Crippen LogP contribution in [0, 0.1) is 13.8 Å². The summed E-state index contributed by atoms with van der Waals surface area (Å²) in [6.07, 6.45) is 1.98. The lowest BCUT2D eigenvalue weighted by Crippen LogP contribution is -2.10. The Labute approximate surface area is 104 Å². The molecule has 0 aromatic carbocycles. The summed E-state index contributed by atoms with van der Waals surface area (Å²) in [5.74, 6) is 0. The smallest absolute Gasteiger partial charge is 0.124 e. The maximum Gasteiger partial charge on any atom is 0.124 e. The van der Waals surface area contributed by atoms with Gasteiger partial charge in [-0.1, -0.05) is 6.92 Å². The molecule has 0 bridgehead atoms. The Morgan fingerprint density at radius 1 is 1.31 bits per heavy atom. The van der Waals surface area contributed by atoms with Crippen LogP contribution in [0.4, 0.5) is 0 Å². The minimum atomic E-state index is 0.927. The summed E-state index contributed by atoms with van der Waals surface area (Å²) in [5, 5.41) is 4.47. The largest absolute Gasteiger partial charge is 0.312 e. The van der Waals surface area contributed by atoms with Gasteiger partial charge in [-0.05, 0) is 26.5 Å². The Morgan fingerprint density at radius 2 is 2.12 bits per heavy atom.